The first-order chi connectivity index (χ1) is 11.6. The second kappa shape index (κ2) is 6.10. The molecule has 0 radical (unpaired) electrons. The number of anilines is 2. The van der Waals surface area contributed by atoms with Gasteiger partial charge in [-0.1, -0.05) is 17.4 Å². The first-order valence-corrected chi connectivity index (χ1v) is 8.51. The Kier molecular flexibility index (Phi) is 3.93. The molecule has 8 heteroatoms. The standard InChI is InChI=1S/C16H15F2N3O2S/c17-11-2-1-9(7-12(11)18)10-8-13(22)19-15-14(10)24-16(20-15)21-3-5-23-6-4-21/h1-2,7,10H,3-6,8H2,(H,19,22). The van der Waals surface area contributed by atoms with Crippen LogP contribution in [0.5, 0.6) is 0 Å². The molecular weight excluding hydrogens is 336 g/mol. The Bertz CT molecular complexity index is 790. The largest absolute Gasteiger partial charge is 0.378 e. The summed E-state index contributed by atoms with van der Waals surface area (Å²) in [6.07, 6.45) is 0.197. The molecule has 1 unspecified atom stereocenters. The number of carbonyl (C=O) groups excluding carboxylic acids is 1. The average molecular weight is 351 g/mol. The molecule has 1 aromatic carbocycles. The van der Waals surface area contributed by atoms with Crippen LogP contribution in [0.1, 0.15) is 22.8 Å². The normalized spacial score (nSPS) is 20.7. The predicted octanol–water partition coefficient (Wildman–Crippen LogP) is 2.73. The third-order valence-electron chi connectivity index (χ3n) is 4.23. The third-order valence-corrected chi connectivity index (χ3v) is 5.46. The number of fused-ring (bicyclic) bond motifs is 1. The Morgan fingerprint density at radius 3 is 2.79 bits per heavy atom. The lowest BCUT2D eigenvalue weighted by Gasteiger charge is -2.26. The van der Waals surface area contributed by atoms with Crippen LogP contribution < -0.4 is 10.2 Å². The second-order valence-corrected chi connectivity index (χ2v) is 6.80. The lowest BCUT2D eigenvalue weighted by atomic mass is 9.91. The van der Waals surface area contributed by atoms with Gasteiger partial charge >= 0.3 is 0 Å². The predicted molar refractivity (Wildman–Crippen MR) is 86.6 cm³/mol. The summed E-state index contributed by atoms with van der Waals surface area (Å²) in [5, 5.41) is 3.60. The summed E-state index contributed by atoms with van der Waals surface area (Å²) in [4.78, 5) is 19.5. The molecule has 1 N–H and O–H groups in total. The summed E-state index contributed by atoms with van der Waals surface area (Å²) in [6.45, 7) is 2.78. The van der Waals surface area contributed by atoms with Gasteiger partial charge in [-0.2, -0.15) is 0 Å². The van der Waals surface area contributed by atoms with Crippen LogP contribution >= 0.6 is 11.3 Å². The molecule has 0 spiro atoms. The smallest absolute Gasteiger partial charge is 0.226 e. The number of nitrogens with one attached hydrogen (secondary N) is 1. The minimum Gasteiger partial charge on any atom is -0.378 e. The fourth-order valence-corrected chi connectivity index (χ4v) is 4.20. The summed E-state index contributed by atoms with van der Waals surface area (Å²) < 4.78 is 32.1. The molecule has 5 nitrogen and oxygen atoms in total. The molecule has 2 aromatic rings. The minimum absolute atomic E-state index is 0.170. The van der Waals surface area contributed by atoms with Gasteiger partial charge in [0.15, 0.2) is 16.8 Å². The lowest BCUT2D eigenvalue weighted by Crippen LogP contribution is -2.36. The molecule has 1 amide bonds. The van der Waals surface area contributed by atoms with Crippen LogP contribution in [0, 0.1) is 11.6 Å². The number of thiazole rings is 1. The number of amides is 1. The van der Waals surface area contributed by atoms with Crippen molar-refractivity contribution in [2.45, 2.75) is 12.3 Å². The Balaban J connectivity index is 1.71. The highest BCUT2D eigenvalue weighted by Gasteiger charge is 2.32. The van der Waals surface area contributed by atoms with Gasteiger partial charge in [0.25, 0.3) is 0 Å². The molecule has 2 aliphatic rings. The van der Waals surface area contributed by atoms with E-state index in [1.54, 1.807) is 0 Å². The van der Waals surface area contributed by atoms with Gasteiger partial charge in [0.05, 0.1) is 18.1 Å². The number of carbonyl (C=O) groups is 1. The molecule has 1 atom stereocenters. The summed E-state index contributed by atoms with van der Waals surface area (Å²) in [6, 6.07) is 3.79. The number of benzene rings is 1. The van der Waals surface area contributed by atoms with E-state index in [0.29, 0.717) is 24.6 Å². The summed E-state index contributed by atoms with van der Waals surface area (Å²) in [5.41, 5.74) is 0.585. The molecule has 126 valence electrons. The molecule has 24 heavy (non-hydrogen) atoms. The molecule has 0 aliphatic carbocycles. The van der Waals surface area contributed by atoms with Crippen molar-refractivity contribution in [3.8, 4) is 0 Å². The Morgan fingerprint density at radius 1 is 1.25 bits per heavy atom. The van der Waals surface area contributed by atoms with Crippen LogP contribution in [-0.2, 0) is 9.53 Å². The van der Waals surface area contributed by atoms with Crippen LogP contribution in [0.2, 0.25) is 0 Å². The van der Waals surface area contributed by atoms with Crippen LogP contribution in [0.25, 0.3) is 0 Å². The fraction of sp³-hybridized carbons (Fsp3) is 0.375. The van der Waals surface area contributed by atoms with Crippen molar-refractivity contribution in [1.82, 2.24) is 4.98 Å². The topological polar surface area (TPSA) is 54.5 Å². The van der Waals surface area contributed by atoms with Gasteiger partial charge < -0.3 is 15.0 Å². The molecule has 1 aromatic heterocycles. The molecule has 0 saturated carbocycles. The van der Waals surface area contributed by atoms with Gasteiger partial charge in [-0.05, 0) is 17.7 Å². The van der Waals surface area contributed by atoms with Gasteiger partial charge in [0.2, 0.25) is 5.91 Å². The maximum Gasteiger partial charge on any atom is 0.226 e. The van der Waals surface area contributed by atoms with Gasteiger partial charge in [-0.25, -0.2) is 13.8 Å². The van der Waals surface area contributed by atoms with E-state index in [2.05, 4.69) is 15.2 Å². The zero-order valence-electron chi connectivity index (χ0n) is 12.7. The highest BCUT2D eigenvalue weighted by molar-refractivity contribution is 7.16. The Morgan fingerprint density at radius 2 is 2.04 bits per heavy atom. The zero-order chi connectivity index (χ0) is 16.7. The van der Waals surface area contributed by atoms with Crippen molar-refractivity contribution in [1.29, 1.82) is 0 Å². The number of aromatic nitrogens is 1. The van der Waals surface area contributed by atoms with Crippen molar-refractivity contribution in [3.05, 3.63) is 40.3 Å². The summed E-state index contributed by atoms with van der Waals surface area (Å²) >= 11 is 1.49. The third kappa shape index (κ3) is 2.76. The van der Waals surface area contributed by atoms with Gasteiger partial charge in [0.1, 0.15) is 5.82 Å². The number of nitrogens with zero attached hydrogens (tertiary/aromatic N) is 2. The van der Waals surface area contributed by atoms with Crippen molar-refractivity contribution in [3.63, 3.8) is 0 Å². The van der Waals surface area contributed by atoms with Gasteiger partial charge in [0, 0.05) is 25.4 Å². The first kappa shape index (κ1) is 15.5. The van der Waals surface area contributed by atoms with Gasteiger partial charge in [-0.3, -0.25) is 4.79 Å². The number of morpholine rings is 1. The number of halogens is 2. The maximum absolute atomic E-state index is 13.6. The highest BCUT2D eigenvalue weighted by Crippen LogP contribution is 2.43. The van der Waals surface area contributed by atoms with Crippen LogP contribution in [-0.4, -0.2) is 37.2 Å². The molecule has 1 fully saturated rings. The van der Waals surface area contributed by atoms with E-state index in [9.17, 15) is 13.6 Å². The lowest BCUT2D eigenvalue weighted by molar-refractivity contribution is -0.116. The molecule has 0 bridgehead atoms. The van der Waals surface area contributed by atoms with Crippen LogP contribution in [0.3, 0.4) is 0 Å². The average Bonchev–Trinajstić information content (AvgIpc) is 3.01. The van der Waals surface area contributed by atoms with Crippen molar-refractivity contribution in [2.24, 2.45) is 0 Å². The minimum atomic E-state index is -0.905. The summed E-state index contributed by atoms with van der Waals surface area (Å²) in [5.74, 6) is -1.75. The number of ether oxygens (including phenoxy) is 1. The van der Waals surface area contributed by atoms with Crippen molar-refractivity contribution < 1.29 is 18.3 Å². The van der Waals surface area contributed by atoms with E-state index in [1.165, 1.54) is 17.4 Å². The fourth-order valence-electron chi connectivity index (χ4n) is 3.00. The van der Waals surface area contributed by atoms with Crippen LogP contribution in [0.15, 0.2) is 18.2 Å². The quantitative estimate of drug-likeness (QED) is 0.904. The number of hydrogen-bond acceptors (Lipinski definition) is 5. The molecule has 4 rings (SSSR count). The van der Waals surface area contributed by atoms with E-state index in [1.807, 2.05) is 0 Å². The van der Waals surface area contributed by atoms with E-state index < -0.39 is 11.6 Å². The SMILES string of the molecule is O=C1CC(c2ccc(F)c(F)c2)c2sc(N3CCOCC3)nc2N1. The monoisotopic (exact) mass is 351 g/mol. The number of rotatable bonds is 2. The molecule has 2 aliphatic heterocycles. The molecular formula is C16H15F2N3O2S. The van der Waals surface area contributed by atoms with Crippen LogP contribution in [0.4, 0.5) is 19.7 Å². The second-order valence-electron chi connectivity index (χ2n) is 5.79. The van der Waals surface area contributed by atoms with E-state index in [4.69, 9.17) is 4.74 Å². The van der Waals surface area contributed by atoms with E-state index in [0.717, 1.165) is 35.2 Å². The Labute approximate surface area is 141 Å². The van der Waals surface area contributed by atoms with Crippen molar-refractivity contribution >= 4 is 28.2 Å². The maximum atomic E-state index is 13.6. The van der Waals surface area contributed by atoms with Crippen molar-refractivity contribution in [2.75, 3.05) is 36.5 Å². The molecule has 3 heterocycles. The van der Waals surface area contributed by atoms with E-state index >= 15 is 0 Å². The van der Waals surface area contributed by atoms with Gasteiger partial charge in [-0.15, -0.1) is 0 Å². The Hall–Kier alpha value is -2.06. The summed E-state index contributed by atoms with van der Waals surface area (Å²) in [7, 11) is 0. The number of hydrogen-bond donors (Lipinski definition) is 1. The highest BCUT2D eigenvalue weighted by atomic mass is 32.1. The van der Waals surface area contributed by atoms with E-state index in [-0.39, 0.29) is 18.2 Å². The zero-order valence-corrected chi connectivity index (χ0v) is 13.5. The first-order valence-electron chi connectivity index (χ1n) is 7.70. The molecule has 1 saturated heterocycles.